The Hall–Kier alpha value is -1.26. The second-order valence-electron chi connectivity index (χ2n) is 3.91. The average Bonchev–Trinajstić information content (AvgIpc) is 2.32. The molecule has 18 heavy (non-hydrogen) atoms. The highest BCUT2D eigenvalue weighted by molar-refractivity contribution is 6.33. The first-order valence-electron chi connectivity index (χ1n) is 6.02. The Labute approximate surface area is 113 Å². The lowest BCUT2D eigenvalue weighted by atomic mass is 10.2. The average molecular weight is 271 g/mol. The second kappa shape index (κ2) is 7.95. The quantitative estimate of drug-likeness (QED) is 0.780. The molecule has 4 nitrogen and oxygen atoms in total. The zero-order valence-corrected chi connectivity index (χ0v) is 11.5. The molecule has 2 N–H and O–H groups in total. The van der Waals surface area contributed by atoms with E-state index in [0.717, 1.165) is 12.0 Å². The molecule has 5 heteroatoms. The Morgan fingerprint density at radius 2 is 2.22 bits per heavy atom. The molecule has 0 radical (unpaired) electrons. The van der Waals surface area contributed by atoms with Gasteiger partial charge in [-0.15, -0.1) is 0 Å². The molecule has 1 aromatic rings. The highest BCUT2D eigenvalue weighted by atomic mass is 35.5. The molecule has 0 aliphatic rings. The third kappa shape index (κ3) is 5.38. The van der Waals surface area contributed by atoms with Crippen LogP contribution >= 0.6 is 11.6 Å². The van der Waals surface area contributed by atoms with Gasteiger partial charge in [0, 0.05) is 19.8 Å². The summed E-state index contributed by atoms with van der Waals surface area (Å²) in [4.78, 5) is 11.6. The number of benzene rings is 1. The van der Waals surface area contributed by atoms with Crippen molar-refractivity contribution in [3.63, 3.8) is 0 Å². The van der Waals surface area contributed by atoms with Gasteiger partial charge < -0.3 is 15.4 Å². The summed E-state index contributed by atoms with van der Waals surface area (Å²) in [5.74, 6) is 0. The van der Waals surface area contributed by atoms with Crippen LogP contribution in [0.5, 0.6) is 0 Å². The molecule has 0 fully saturated rings. The summed E-state index contributed by atoms with van der Waals surface area (Å²) in [6, 6.07) is 5.25. The topological polar surface area (TPSA) is 50.4 Å². The molecule has 0 saturated carbocycles. The molecule has 2 amide bonds. The van der Waals surface area contributed by atoms with Gasteiger partial charge in [-0.05, 0) is 38.0 Å². The van der Waals surface area contributed by atoms with Crippen LogP contribution in [0.2, 0.25) is 5.02 Å². The Balaban J connectivity index is 2.31. The molecular weight excluding hydrogens is 252 g/mol. The van der Waals surface area contributed by atoms with E-state index in [2.05, 4.69) is 10.6 Å². The fourth-order valence-corrected chi connectivity index (χ4v) is 1.69. The van der Waals surface area contributed by atoms with Crippen LogP contribution in [0.1, 0.15) is 18.9 Å². The molecule has 0 unspecified atom stereocenters. The van der Waals surface area contributed by atoms with Gasteiger partial charge in [0.1, 0.15) is 0 Å². The molecule has 0 saturated heterocycles. The first kappa shape index (κ1) is 14.8. The maximum absolute atomic E-state index is 11.6. The van der Waals surface area contributed by atoms with Gasteiger partial charge in [-0.25, -0.2) is 4.79 Å². The molecule has 1 rings (SSSR count). The lowest BCUT2D eigenvalue weighted by molar-refractivity contribution is 0.145. The normalized spacial score (nSPS) is 10.2. The Morgan fingerprint density at radius 3 is 2.89 bits per heavy atom. The molecule has 0 heterocycles. The predicted molar refractivity (Wildman–Crippen MR) is 74.3 cm³/mol. The number of nitrogens with one attached hydrogen (secondary N) is 2. The lowest BCUT2D eigenvalue weighted by Gasteiger charge is -2.09. The first-order chi connectivity index (χ1) is 8.63. The highest BCUT2D eigenvalue weighted by Gasteiger charge is 2.04. The van der Waals surface area contributed by atoms with E-state index in [4.69, 9.17) is 16.3 Å². The third-order valence-corrected chi connectivity index (χ3v) is 2.64. The monoisotopic (exact) mass is 270 g/mol. The molecule has 0 bridgehead atoms. The summed E-state index contributed by atoms with van der Waals surface area (Å²) < 4.78 is 5.17. The Kier molecular flexibility index (Phi) is 6.54. The van der Waals surface area contributed by atoms with Crippen molar-refractivity contribution in [2.75, 3.05) is 25.1 Å². The number of halogens is 1. The molecule has 100 valence electrons. The van der Waals surface area contributed by atoms with Crippen molar-refractivity contribution in [1.29, 1.82) is 0 Å². The maximum Gasteiger partial charge on any atom is 0.319 e. The van der Waals surface area contributed by atoms with Crippen molar-refractivity contribution in [1.82, 2.24) is 5.32 Å². The van der Waals surface area contributed by atoms with E-state index >= 15 is 0 Å². The zero-order valence-electron chi connectivity index (χ0n) is 10.8. The van der Waals surface area contributed by atoms with Crippen LogP contribution in [-0.2, 0) is 4.74 Å². The molecule has 0 atom stereocenters. The van der Waals surface area contributed by atoms with E-state index in [9.17, 15) is 4.79 Å². The smallest absolute Gasteiger partial charge is 0.319 e. The van der Waals surface area contributed by atoms with Gasteiger partial charge in [0.2, 0.25) is 0 Å². The standard InChI is InChI=1S/C13H19ClN2O2/c1-3-18-8-4-7-15-13(17)16-12-6-5-10(2)9-11(12)14/h5-6,9H,3-4,7-8H2,1-2H3,(H2,15,16,17). The van der Waals surface area contributed by atoms with Crippen molar-refractivity contribution in [3.8, 4) is 0 Å². The molecule has 0 aliphatic heterocycles. The molecule has 1 aromatic carbocycles. The SMILES string of the molecule is CCOCCCNC(=O)Nc1ccc(C)cc1Cl. The van der Waals surface area contributed by atoms with Crippen molar-refractivity contribution < 1.29 is 9.53 Å². The Bertz CT molecular complexity index is 397. The van der Waals surface area contributed by atoms with Gasteiger partial charge in [-0.3, -0.25) is 0 Å². The third-order valence-electron chi connectivity index (χ3n) is 2.33. The van der Waals surface area contributed by atoms with E-state index in [1.807, 2.05) is 26.0 Å². The zero-order chi connectivity index (χ0) is 13.4. The van der Waals surface area contributed by atoms with Crippen molar-refractivity contribution in [2.45, 2.75) is 20.3 Å². The fourth-order valence-electron chi connectivity index (χ4n) is 1.41. The van der Waals surface area contributed by atoms with Crippen molar-refractivity contribution in [3.05, 3.63) is 28.8 Å². The summed E-state index contributed by atoms with van der Waals surface area (Å²) in [7, 11) is 0. The summed E-state index contributed by atoms with van der Waals surface area (Å²) in [5.41, 5.74) is 1.67. The van der Waals surface area contributed by atoms with Gasteiger partial charge in [0.25, 0.3) is 0 Å². The fraction of sp³-hybridized carbons (Fsp3) is 0.462. The van der Waals surface area contributed by atoms with Crippen LogP contribution in [0.25, 0.3) is 0 Å². The number of hydrogen-bond acceptors (Lipinski definition) is 2. The number of urea groups is 1. The first-order valence-corrected chi connectivity index (χ1v) is 6.40. The van der Waals surface area contributed by atoms with Gasteiger partial charge in [-0.1, -0.05) is 17.7 Å². The number of aryl methyl sites for hydroxylation is 1. The van der Waals surface area contributed by atoms with Gasteiger partial charge in [0.05, 0.1) is 10.7 Å². The van der Waals surface area contributed by atoms with E-state index in [-0.39, 0.29) is 6.03 Å². The van der Waals surface area contributed by atoms with Gasteiger partial charge in [-0.2, -0.15) is 0 Å². The van der Waals surface area contributed by atoms with Crippen LogP contribution in [-0.4, -0.2) is 25.8 Å². The van der Waals surface area contributed by atoms with E-state index < -0.39 is 0 Å². The summed E-state index contributed by atoms with van der Waals surface area (Å²) >= 11 is 6.01. The van der Waals surface area contributed by atoms with Crippen LogP contribution in [0.15, 0.2) is 18.2 Å². The van der Waals surface area contributed by atoms with Crippen LogP contribution < -0.4 is 10.6 Å². The van der Waals surface area contributed by atoms with E-state index in [1.54, 1.807) is 6.07 Å². The maximum atomic E-state index is 11.6. The number of amides is 2. The summed E-state index contributed by atoms with van der Waals surface area (Å²) in [5, 5.41) is 5.99. The molecule has 0 aromatic heterocycles. The molecule has 0 aliphatic carbocycles. The van der Waals surface area contributed by atoms with Gasteiger partial charge in [0.15, 0.2) is 0 Å². The Morgan fingerprint density at radius 1 is 1.44 bits per heavy atom. The summed E-state index contributed by atoms with van der Waals surface area (Å²) in [6.07, 6.45) is 0.795. The molecule has 0 spiro atoms. The largest absolute Gasteiger partial charge is 0.382 e. The minimum absolute atomic E-state index is 0.253. The van der Waals surface area contributed by atoms with E-state index in [0.29, 0.717) is 30.5 Å². The van der Waals surface area contributed by atoms with Crippen LogP contribution in [0.3, 0.4) is 0 Å². The second-order valence-corrected chi connectivity index (χ2v) is 4.32. The minimum atomic E-state index is -0.253. The number of carbonyl (C=O) groups excluding carboxylic acids is 1. The molecular formula is C13H19ClN2O2. The van der Waals surface area contributed by atoms with E-state index in [1.165, 1.54) is 0 Å². The lowest BCUT2D eigenvalue weighted by Crippen LogP contribution is -2.30. The highest BCUT2D eigenvalue weighted by Crippen LogP contribution is 2.22. The predicted octanol–water partition coefficient (Wildman–Crippen LogP) is 3.20. The van der Waals surface area contributed by atoms with Gasteiger partial charge >= 0.3 is 6.03 Å². The number of hydrogen-bond donors (Lipinski definition) is 2. The number of rotatable bonds is 6. The van der Waals surface area contributed by atoms with Crippen molar-refractivity contribution >= 4 is 23.3 Å². The summed E-state index contributed by atoms with van der Waals surface area (Å²) in [6.45, 7) is 5.82. The minimum Gasteiger partial charge on any atom is -0.382 e. The number of ether oxygens (including phenoxy) is 1. The van der Waals surface area contributed by atoms with Crippen LogP contribution in [0.4, 0.5) is 10.5 Å². The van der Waals surface area contributed by atoms with Crippen molar-refractivity contribution in [2.24, 2.45) is 0 Å². The number of carbonyl (C=O) groups is 1. The number of anilines is 1. The van der Waals surface area contributed by atoms with Crippen LogP contribution in [0, 0.1) is 6.92 Å².